The summed E-state index contributed by atoms with van der Waals surface area (Å²) in [5, 5.41) is 4.19. The molecule has 3 rings (SSSR count). The smallest absolute Gasteiger partial charge is 0.344 e. The van der Waals surface area contributed by atoms with Crippen molar-refractivity contribution in [2.75, 3.05) is 0 Å². The van der Waals surface area contributed by atoms with Crippen molar-refractivity contribution in [2.45, 2.75) is 4.90 Å². The fourth-order valence-corrected chi connectivity index (χ4v) is 3.61. The Kier molecular flexibility index (Phi) is 6.68. The fourth-order valence-electron chi connectivity index (χ4n) is 2.25. The summed E-state index contributed by atoms with van der Waals surface area (Å²) < 4.78 is 30.3. The van der Waals surface area contributed by atoms with Crippen molar-refractivity contribution in [1.29, 1.82) is 0 Å². The number of hydrogen-bond acceptors (Lipinski definition) is 5. The molecule has 0 amide bonds. The molecule has 0 aliphatic heterocycles. The van der Waals surface area contributed by atoms with Crippen molar-refractivity contribution < 1.29 is 17.9 Å². The number of nitrogens with zero attached hydrogens (tertiary/aromatic N) is 1. The Morgan fingerprint density at radius 3 is 2.31 bits per heavy atom. The van der Waals surface area contributed by atoms with Crippen LogP contribution in [-0.4, -0.2) is 20.6 Å². The number of hydrogen-bond donors (Lipinski definition) is 1. The molecule has 0 saturated heterocycles. The second-order valence-electron chi connectivity index (χ2n) is 5.75. The summed E-state index contributed by atoms with van der Waals surface area (Å²) in [5.74, 6) is -0.140. The molecule has 1 N–H and O–H groups in total. The summed E-state index contributed by atoms with van der Waals surface area (Å²) in [6.07, 6.45) is 1.34. The minimum atomic E-state index is -3.79. The van der Waals surface area contributed by atoms with Gasteiger partial charge in [-0.3, -0.25) is 0 Å². The van der Waals surface area contributed by atoms with Crippen LogP contribution in [0.25, 0.3) is 0 Å². The maximum Gasteiger partial charge on any atom is 0.344 e. The van der Waals surface area contributed by atoms with Crippen molar-refractivity contribution in [3.63, 3.8) is 0 Å². The van der Waals surface area contributed by atoms with Crippen LogP contribution >= 0.6 is 27.5 Å². The molecule has 148 valence electrons. The highest BCUT2D eigenvalue weighted by Gasteiger charge is 2.13. The number of carbonyl (C=O) groups excluding carboxylic acids is 1. The van der Waals surface area contributed by atoms with Gasteiger partial charge < -0.3 is 4.74 Å². The number of carbonyl (C=O) groups is 1. The Morgan fingerprint density at radius 1 is 1.00 bits per heavy atom. The molecular formula is C20H14BrClN2O4S. The standard InChI is InChI=1S/C20H14BrClN2O4S/c21-19-4-2-1-3-18(19)20(25)28-16-9-5-14(6-10-16)13-23-24-29(26,27)17-11-7-15(22)8-12-17/h1-13,24H. The van der Waals surface area contributed by atoms with E-state index in [9.17, 15) is 13.2 Å². The lowest BCUT2D eigenvalue weighted by molar-refractivity contribution is 0.0734. The molecule has 0 aliphatic rings. The van der Waals surface area contributed by atoms with Crippen molar-refractivity contribution in [1.82, 2.24) is 4.83 Å². The molecule has 0 radical (unpaired) electrons. The summed E-state index contributed by atoms with van der Waals surface area (Å²) in [5.41, 5.74) is 1.03. The van der Waals surface area contributed by atoms with Crippen molar-refractivity contribution in [3.8, 4) is 5.75 Å². The van der Waals surface area contributed by atoms with E-state index in [0.29, 0.717) is 26.4 Å². The normalized spacial score (nSPS) is 11.4. The first-order chi connectivity index (χ1) is 13.8. The summed E-state index contributed by atoms with van der Waals surface area (Å²) in [7, 11) is -3.79. The molecule has 0 atom stereocenters. The van der Waals surface area contributed by atoms with Crippen LogP contribution in [0.3, 0.4) is 0 Å². The molecule has 0 saturated carbocycles. The largest absolute Gasteiger partial charge is 0.423 e. The van der Waals surface area contributed by atoms with Gasteiger partial charge in [-0.05, 0) is 82.2 Å². The van der Waals surface area contributed by atoms with E-state index < -0.39 is 16.0 Å². The van der Waals surface area contributed by atoms with Crippen LogP contribution < -0.4 is 9.57 Å². The van der Waals surface area contributed by atoms with E-state index >= 15 is 0 Å². The number of sulfonamides is 1. The van der Waals surface area contributed by atoms with Gasteiger partial charge in [-0.2, -0.15) is 13.5 Å². The van der Waals surface area contributed by atoms with E-state index in [1.54, 1.807) is 48.5 Å². The molecule has 29 heavy (non-hydrogen) atoms. The van der Waals surface area contributed by atoms with Crippen LogP contribution in [0, 0.1) is 0 Å². The Balaban J connectivity index is 1.62. The van der Waals surface area contributed by atoms with Crippen LogP contribution in [0.2, 0.25) is 5.02 Å². The molecule has 3 aromatic carbocycles. The number of rotatable bonds is 6. The lowest BCUT2D eigenvalue weighted by Gasteiger charge is -2.06. The average Bonchev–Trinajstić information content (AvgIpc) is 2.70. The molecule has 0 spiro atoms. The van der Waals surface area contributed by atoms with Gasteiger partial charge in [-0.15, -0.1) is 0 Å². The van der Waals surface area contributed by atoms with E-state index in [-0.39, 0.29) is 4.90 Å². The van der Waals surface area contributed by atoms with Gasteiger partial charge in [0.25, 0.3) is 10.0 Å². The number of benzene rings is 3. The minimum Gasteiger partial charge on any atom is -0.423 e. The fraction of sp³-hybridized carbons (Fsp3) is 0. The third-order valence-corrected chi connectivity index (χ3v) is 5.88. The number of hydrazone groups is 1. The van der Waals surface area contributed by atoms with Gasteiger partial charge >= 0.3 is 5.97 Å². The van der Waals surface area contributed by atoms with Gasteiger partial charge in [0, 0.05) is 9.50 Å². The minimum absolute atomic E-state index is 0.0494. The van der Waals surface area contributed by atoms with Crippen molar-refractivity contribution in [3.05, 3.63) is 93.4 Å². The Morgan fingerprint density at radius 2 is 1.66 bits per heavy atom. The van der Waals surface area contributed by atoms with Crippen LogP contribution in [0.4, 0.5) is 0 Å². The van der Waals surface area contributed by atoms with Crippen molar-refractivity contribution >= 4 is 49.7 Å². The van der Waals surface area contributed by atoms with Gasteiger partial charge in [-0.25, -0.2) is 9.63 Å². The lowest BCUT2D eigenvalue weighted by atomic mass is 10.2. The van der Waals surface area contributed by atoms with Gasteiger partial charge in [0.2, 0.25) is 0 Å². The first kappa shape index (κ1) is 21.0. The quantitative estimate of drug-likeness (QED) is 0.235. The van der Waals surface area contributed by atoms with E-state index in [2.05, 4.69) is 25.9 Å². The molecule has 3 aromatic rings. The number of esters is 1. The third-order valence-electron chi connectivity index (χ3n) is 3.69. The maximum atomic E-state index is 12.2. The molecule has 0 unspecified atom stereocenters. The summed E-state index contributed by atoms with van der Waals surface area (Å²) >= 11 is 9.06. The summed E-state index contributed by atoms with van der Waals surface area (Å²) in [6.45, 7) is 0. The van der Waals surface area contributed by atoms with Crippen LogP contribution in [0.1, 0.15) is 15.9 Å². The highest BCUT2D eigenvalue weighted by atomic mass is 79.9. The molecule has 9 heteroatoms. The SMILES string of the molecule is O=C(Oc1ccc(C=NNS(=O)(=O)c2ccc(Cl)cc2)cc1)c1ccccc1Br. The summed E-state index contributed by atoms with van der Waals surface area (Å²) in [6, 6.07) is 19.1. The highest BCUT2D eigenvalue weighted by molar-refractivity contribution is 9.10. The molecule has 0 bridgehead atoms. The van der Waals surface area contributed by atoms with Crippen LogP contribution in [0.5, 0.6) is 5.75 Å². The Hall–Kier alpha value is -2.68. The zero-order chi connectivity index (χ0) is 20.9. The van der Waals surface area contributed by atoms with Gasteiger partial charge in [0.1, 0.15) is 5.75 Å². The van der Waals surface area contributed by atoms with E-state index in [4.69, 9.17) is 16.3 Å². The second-order valence-corrected chi connectivity index (χ2v) is 8.70. The first-order valence-electron chi connectivity index (χ1n) is 8.22. The molecular weight excluding hydrogens is 480 g/mol. The zero-order valence-corrected chi connectivity index (χ0v) is 17.9. The second kappa shape index (κ2) is 9.21. The Labute approximate surface area is 181 Å². The predicted octanol–water partition coefficient (Wildman–Crippen LogP) is 4.63. The van der Waals surface area contributed by atoms with Crippen molar-refractivity contribution in [2.24, 2.45) is 5.10 Å². The van der Waals surface area contributed by atoms with Gasteiger partial charge in [-0.1, -0.05) is 23.7 Å². The lowest BCUT2D eigenvalue weighted by Crippen LogP contribution is -2.18. The Bertz CT molecular complexity index is 1150. The predicted molar refractivity (Wildman–Crippen MR) is 115 cm³/mol. The topological polar surface area (TPSA) is 84.8 Å². The molecule has 0 aliphatic carbocycles. The average molecular weight is 494 g/mol. The zero-order valence-electron chi connectivity index (χ0n) is 14.7. The molecule has 6 nitrogen and oxygen atoms in total. The third kappa shape index (κ3) is 5.66. The van der Waals surface area contributed by atoms with E-state index in [1.807, 2.05) is 0 Å². The number of nitrogens with one attached hydrogen (secondary N) is 1. The highest BCUT2D eigenvalue weighted by Crippen LogP contribution is 2.19. The van der Waals surface area contributed by atoms with Gasteiger partial charge in [0.15, 0.2) is 0 Å². The first-order valence-corrected chi connectivity index (χ1v) is 10.9. The molecule has 0 heterocycles. The molecule has 0 fully saturated rings. The monoisotopic (exact) mass is 492 g/mol. The number of halogens is 2. The van der Waals surface area contributed by atoms with Gasteiger partial charge in [0.05, 0.1) is 16.7 Å². The maximum absolute atomic E-state index is 12.2. The van der Waals surface area contributed by atoms with E-state index in [1.165, 1.54) is 30.5 Å². The van der Waals surface area contributed by atoms with E-state index in [0.717, 1.165) is 0 Å². The van der Waals surface area contributed by atoms with Crippen LogP contribution in [-0.2, 0) is 10.0 Å². The summed E-state index contributed by atoms with van der Waals surface area (Å²) in [4.78, 5) is 14.4. The van der Waals surface area contributed by atoms with Crippen LogP contribution in [0.15, 0.2) is 87.3 Å². The number of ether oxygens (including phenoxy) is 1. The molecule has 0 aromatic heterocycles.